The second kappa shape index (κ2) is 10.7. The topological polar surface area (TPSA) is 62.9 Å². The van der Waals surface area contributed by atoms with Crippen LogP contribution in [0.25, 0.3) is 0 Å². The van der Waals surface area contributed by atoms with Gasteiger partial charge in [0.05, 0.1) is 24.8 Å². The molecule has 3 N–H and O–H groups in total. The highest BCUT2D eigenvalue weighted by molar-refractivity contribution is 14.0. The Morgan fingerprint density at radius 3 is 2.62 bits per heavy atom. The van der Waals surface area contributed by atoms with Gasteiger partial charge in [0.15, 0.2) is 5.96 Å². The molecule has 1 heterocycles. The van der Waals surface area contributed by atoms with Crippen molar-refractivity contribution in [2.45, 2.75) is 51.8 Å². The zero-order valence-corrected chi connectivity index (χ0v) is 19.3. The summed E-state index contributed by atoms with van der Waals surface area (Å²) in [5.41, 5.74) is 7.09. The van der Waals surface area contributed by atoms with Gasteiger partial charge in [-0.2, -0.15) is 0 Å². The third-order valence-corrected chi connectivity index (χ3v) is 4.84. The van der Waals surface area contributed by atoms with Crippen LogP contribution in [0.4, 0.5) is 0 Å². The fraction of sp³-hybridized carbons (Fsp3) is 0.632. The van der Waals surface area contributed by atoms with Crippen molar-refractivity contribution in [3.05, 3.63) is 34.9 Å². The predicted octanol–water partition coefficient (Wildman–Crippen LogP) is 3.81. The first kappa shape index (κ1) is 23.5. The quantitative estimate of drug-likeness (QED) is 0.359. The number of morpholine rings is 1. The second-order valence-electron chi connectivity index (χ2n) is 7.33. The van der Waals surface area contributed by atoms with Crippen LogP contribution in [-0.2, 0) is 4.74 Å². The Morgan fingerprint density at radius 1 is 1.38 bits per heavy atom. The van der Waals surface area contributed by atoms with Gasteiger partial charge in [-0.3, -0.25) is 9.89 Å². The molecule has 2 atom stereocenters. The summed E-state index contributed by atoms with van der Waals surface area (Å²) in [6.07, 6.45) is 1.01. The van der Waals surface area contributed by atoms with Gasteiger partial charge in [-0.1, -0.05) is 30.7 Å². The van der Waals surface area contributed by atoms with E-state index in [1.807, 2.05) is 12.1 Å². The van der Waals surface area contributed by atoms with Crippen molar-refractivity contribution in [3.63, 3.8) is 0 Å². The van der Waals surface area contributed by atoms with Gasteiger partial charge in [-0.15, -0.1) is 24.0 Å². The van der Waals surface area contributed by atoms with Crippen LogP contribution in [0, 0.1) is 0 Å². The van der Waals surface area contributed by atoms with Crippen molar-refractivity contribution in [1.82, 2.24) is 10.2 Å². The van der Waals surface area contributed by atoms with Crippen molar-refractivity contribution in [1.29, 1.82) is 0 Å². The lowest BCUT2D eigenvalue weighted by atomic mass is 10.0. The zero-order chi connectivity index (χ0) is 18.4. The van der Waals surface area contributed by atoms with Crippen molar-refractivity contribution in [2.75, 3.05) is 26.2 Å². The molecule has 26 heavy (non-hydrogen) atoms. The lowest BCUT2D eigenvalue weighted by molar-refractivity contribution is -0.0967. The number of hydrogen-bond donors (Lipinski definition) is 2. The molecule has 0 amide bonds. The molecule has 1 aromatic rings. The number of nitrogens with one attached hydrogen (secondary N) is 1. The summed E-state index contributed by atoms with van der Waals surface area (Å²) in [6.45, 7) is 11.5. The van der Waals surface area contributed by atoms with E-state index in [0.717, 1.165) is 31.1 Å². The summed E-state index contributed by atoms with van der Waals surface area (Å²) in [4.78, 5) is 7.03. The molecule has 2 unspecified atom stereocenters. The van der Waals surface area contributed by atoms with Crippen LogP contribution < -0.4 is 11.1 Å². The van der Waals surface area contributed by atoms with Crippen molar-refractivity contribution in [3.8, 4) is 0 Å². The molecule has 2 rings (SSSR count). The Kier molecular flexibility index (Phi) is 9.64. The monoisotopic (exact) mass is 494 g/mol. The molecule has 1 fully saturated rings. The number of rotatable bonds is 6. The maximum absolute atomic E-state index is 6.06. The molecule has 1 aliphatic rings. The summed E-state index contributed by atoms with van der Waals surface area (Å²) in [5.74, 6) is 0.501. The number of nitrogens with zero attached hydrogens (tertiary/aromatic N) is 2. The average molecular weight is 495 g/mol. The van der Waals surface area contributed by atoms with E-state index in [1.54, 1.807) is 0 Å². The fourth-order valence-electron chi connectivity index (χ4n) is 3.02. The molecule has 148 valence electrons. The van der Waals surface area contributed by atoms with Crippen LogP contribution >= 0.6 is 35.6 Å². The summed E-state index contributed by atoms with van der Waals surface area (Å²) >= 11 is 6.06. The summed E-state index contributed by atoms with van der Waals surface area (Å²) in [7, 11) is 0. The Bertz CT molecular complexity index is 579. The first-order valence-corrected chi connectivity index (χ1v) is 9.38. The number of nitrogens with two attached hydrogens (primary N) is 1. The van der Waals surface area contributed by atoms with Crippen LogP contribution in [0.5, 0.6) is 0 Å². The molecule has 0 aliphatic carbocycles. The number of aliphatic imine (C=N–C) groups is 1. The van der Waals surface area contributed by atoms with Crippen molar-refractivity contribution < 1.29 is 4.74 Å². The van der Waals surface area contributed by atoms with Gasteiger partial charge in [-0.25, -0.2) is 0 Å². The van der Waals surface area contributed by atoms with Crippen LogP contribution in [0.15, 0.2) is 29.3 Å². The highest BCUT2D eigenvalue weighted by Crippen LogP contribution is 2.28. The standard InChI is InChI=1S/C19H31ClN4O.HI/c1-5-14(2)23-18(21)22-12-17(15-6-8-16(20)9-7-15)24-10-11-25-19(3,4)13-24;/h6-9,14,17H,5,10-13H2,1-4H3,(H3,21,22,23);1H. The van der Waals surface area contributed by atoms with E-state index in [2.05, 4.69) is 55.0 Å². The minimum atomic E-state index is -0.160. The molecule has 5 nitrogen and oxygen atoms in total. The number of guanidine groups is 1. The Hall–Kier alpha value is -0.570. The second-order valence-corrected chi connectivity index (χ2v) is 7.76. The van der Waals surface area contributed by atoms with Gasteiger partial charge in [0.25, 0.3) is 0 Å². The van der Waals surface area contributed by atoms with Crippen LogP contribution in [0.2, 0.25) is 5.02 Å². The molecule has 1 saturated heterocycles. The van der Waals surface area contributed by atoms with Crippen molar-refractivity contribution in [2.24, 2.45) is 10.7 Å². The predicted molar refractivity (Wildman–Crippen MR) is 121 cm³/mol. The molecular weight excluding hydrogens is 463 g/mol. The molecule has 1 aromatic carbocycles. The summed E-state index contributed by atoms with van der Waals surface area (Å²) in [5, 5.41) is 3.97. The van der Waals surface area contributed by atoms with E-state index in [9.17, 15) is 0 Å². The first-order chi connectivity index (χ1) is 11.8. The van der Waals surface area contributed by atoms with Gasteiger partial charge in [0, 0.05) is 24.2 Å². The van der Waals surface area contributed by atoms with E-state index in [4.69, 9.17) is 22.1 Å². The van der Waals surface area contributed by atoms with Gasteiger partial charge in [0.1, 0.15) is 0 Å². The van der Waals surface area contributed by atoms with E-state index in [1.165, 1.54) is 5.56 Å². The molecule has 7 heteroatoms. The SMILES string of the molecule is CCC(C)NC(N)=NCC(c1ccc(Cl)cc1)N1CCOC(C)(C)C1.I. The maximum Gasteiger partial charge on any atom is 0.188 e. The minimum absolute atomic E-state index is 0. The maximum atomic E-state index is 6.06. The highest BCUT2D eigenvalue weighted by atomic mass is 127. The Morgan fingerprint density at radius 2 is 2.04 bits per heavy atom. The largest absolute Gasteiger partial charge is 0.373 e. The minimum Gasteiger partial charge on any atom is -0.373 e. The van der Waals surface area contributed by atoms with E-state index in [0.29, 0.717) is 18.5 Å². The van der Waals surface area contributed by atoms with E-state index < -0.39 is 0 Å². The molecule has 1 aliphatic heterocycles. The fourth-order valence-corrected chi connectivity index (χ4v) is 3.15. The smallest absolute Gasteiger partial charge is 0.188 e. The van der Waals surface area contributed by atoms with Crippen molar-refractivity contribution >= 4 is 41.5 Å². The highest BCUT2D eigenvalue weighted by Gasteiger charge is 2.32. The van der Waals surface area contributed by atoms with Crippen LogP contribution in [0.3, 0.4) is 0 Å². The molecule has 0 aromatic heterocycles. The van der Waals surface area contributed by atoms with E-state index in [-0.39, 0.29) is 35.6 Å². The molecular formula is C19H32ClIN4O. The number of hydrogen-bond acceptors (Lipinski definition) is 3. The first-order valence-electron chi connectivity index (χ1n) is 9.00. The van der Waals surface area contributed by atoms with Gasteiger partial charge < -0.3 is 15.8 Å². The van der Waals surface area contributed by atoms with Gasteiger partial charge in [-0.05, 0) is 44.9 Å². The molecule has 0 radical (unpaired) electrons. The number of halogens is 2. The Labute approximate surface area is 179 Å². The van der Waals surface area contributed by atoms with E-state index >= 15 is 0 Å². The van der Waals surface area contributed by atoms with Crippen LogP contribution in [-0.4, -0.2) is 48.7 Å². The lowest BCUT2D eigenvalue weighted by Gasteiger charge is -2.42. The molecule has 0 saturated carbocycles. The zero-order valence-electron chi connectivity index (χ0n) is 16.2. The van der Waals surface area contributed by atoms with Crippen LogP contribution in [0.1, 0.15) is 45.7 Å². The average Bonchev–Trinajstić information content (AvgIpc) is 2.55. The third-order valence-electron chi connectivity index (χ3n) is 4.59. The molecule has 0 bridgehead atoms. The lowest BCUT2D eigenvalue weighted by Crippen LogP contribution is -2.50. The Balaban J connectivity index is 0.00000338. The van der Waals surface area contributed by atoms with Gasteiger partial charge >= 0.3 is 0 Å². The summed E-state index contributed by atoms with van der Waals surface area (Å²) < 4.78 is 5.86. The number of benzene rings is 1. The summed E-state index contributed by atoms with van der Waals surface area (Å²) in [6, 6.07) is 8.48. The normalized spacial score (nSPS) is 20.1. The number of ether oxygens (including phenoxy) is 1. The van der Waals surface area contributed by atoms with Gasteiger partial charge in [0.2, 0.25) is 0 Å². The molecule has 0 spiro atoms. The third kappa shape index (κ3) is 7.21.